The molecule has 0 spiro atoms. The molecule has 3 unspecified atom stereocenters. The molecular formula is C17H28N2O2. The molecule has 0 radical (unpaired) electrons. The summed E-state index contributed by atoms with van der Waals surface area (Å²) in [4.78, 5) is 2.38. The highest BCUT2D eigenvalue weighted by molar-refractivity contribution is 5.26. The van der Waals surface area contributed by atoms with Gasteiger partial charge < -0.3 is 20.1 Å². The predicted molar refractivity (Wildman–Crippen MR) is 85.8 cm³/mol. The van der Waals surface area contributed by atoms with Crippen LogP contribution in [-0.4, -0.2) is 54.9 Å². The number of piperidine rings is 1. The zero-order valence-corrected chi connectivity index (χ0v) is 13.4. The average molecular weight is 292 g/mol. The van der Waals surface area contributed by atoms with Crippen LogP contribution in [0.4, 0.5) is 0 Å². The van der Waals surface area contributed by atoms with E-state index in [-0.39, 0.29) is 0 Å². The third kappa shape index (κ3) is 5.30. The van der Waals surface area contributed by atoms with Gasteiger partial charge in [-0.15, -0.1) is 0 Å². The summed E-state index contributed by atoms with van der Waals surface area (Å²) in [7, 11) is 2.17. The van der Waals surface area contributed by atoms with Crippen LogP contribution in [0.15, 0.2) is 24.3 Å². The van der Waals surface area contributed by atoms with E-state index < -0.39 is 6.10 Å². The van der Waals surface area contributed by atoms with Gasteiger partial charge in [-0.2, -0.15) is 0 Å². The minimum Gasteiger partial charge on any atom is -0.491 e. The molecular weight excluding hydrogens is 264 g/mol. The number of hydrogen-bond donors (Lipinski definition) is 2. The molecule has 4 nitrogen and oxygen atoms in total. The molecule has 118 valence electrons. The molecule has 0 amide bonds. The highest BCUT2D eigenvalue weighted by Gasteiger charge is 2.22. The summed E-state index contributed by atoms with van der Waals surface area (Å²) in [5.41, 5.74) is 1.21. The third-order valence-corrected chi connectivity index (χ3v) is 4.31. The Bertz CT molecular complexity index is 421. The van der Waals surface area contributed by atoms with Gasteiger partial charge in [0.05, 0.1) is 0 Å². The van der Waals surface area contributed by atoms with Crippen LogP contribution in [0.2, 0.25) is 0 Å². The minimum absolute atomic E-state index is 0.332. The van der Waals surface area contributed by atoms with Crippen molar-refractivity contribution in [1.29, 1.82) is 0 Å². The number of benzene rings is 1. The molecule has 0 saturated carbocycles. The molecule has 3 atom stereocenters. The second kappa shape index (κ2) is 7.78. The van der Waals surface area contributed by atoms with Gasteiger partial charge in [0.2, 0.25) is 0 Å². The zero-order chi connectivity index (χ0) is 15.2. The van der Waals surface area contributed by atoms with Gasteiger partial charge in [0.15, 0.2) is 0 Å². The van der Waals surface area contributed by atoms with E-state index >= 15 is 0 Å². The normalized spacial score (nSPS) is 24.8. The van der Waals surface area contributed by atoms with E-state index in [9.17, 15) is 5.11 Å². The molecule has 2 rings (SSSR count). The van der Waals surface area contributed by atoms with E-state index in [1.54, 1.807) is 0 Å². The molecule has 1 aliphatic heterocycles. The minimum atomic E-state index is -0.471. The number of nitrogens with zero attached hydrogens (tertiary/aromatic N) is 1. The molecule has 1 aliphatic rings. The third-order valence-electron chi connectivity index (χ3n) is 4.31. The Morgan fingerprint density at radius 2 is 2.10 bits per heavy atom. The molecule has 1 aromatic rings. The van der Waals surface area contributed by atoms with Gasteiger partial charge in [0, 0.05) is 18.6 Å². The number of nitrogens with one attached hydrogen (secondary N) is 1. The Morgan fingerprint density at radius 1 is 1.38 bits per heavy atom. The predicted octanol–water partition coefficient (Wildman–Crippen LogP) is 1.81. The molecule has 0 aliphatic carbocycles. The molecule has 2 N–H and O–H groups in total. The number of aliphatic hydroxyl groups excluding tert-OH is 1. The summed E-state index contributed by atoms with van der Waals surface area (Å²) in [6.45, 7) is 6.34. The summed E-state index contributed by atoms with van der Waals surface area (Å²) in [5, 5.41) is 13.5. The van der Waals surface area contributed by atoms with E-state index in [1.807, 2.05) is 31.2 Å². The maximum Gasteiger partial charge on any atom is 0.119 e. The lowest BCUT2D eigenvalue weighted by Gasteiger charge is -2.35. The van der Waals surface area contributed by atoms with Crippen LogP contribution in [0.5, 0.6) is 5.75 Å². The summed E-state index contributed by atoms with van der Waals surface area (Å²) < 4.78 is 5.60. The van der Waals surface area contributed by atoms with Crippen LogP contribution in [0.3, 0.4) is 0 Å². The van der Waals surface area contributed by atoms with E-state index in [1.165, 1.54) is 5.56 Å². The van der Waals surface area contributed by atoms with Crippen LogP contribution < -0.4 is 10.1 Å². The lowest BCUT2D eigenvalue weighted by molar-refractivity contribution is 0.0953. The van der Waals surface area contributed by atoms with Crippen molar-refractivity contribution in [2.45, 2.75) is 44.9 Å². The van der Waals surface area contributed by atoms with Gasteiger partial charge in [0.1, 0.15) is 18.5 Å². The second-order valence-corrected chi connectivity index (χ2v) is 6.24. The number of aliphatic hydroxyl groups is 1. The average Bonchev–Trinajstić information content (AvgIpc) is 2.48. The van der Waals surface area contributed by atoms with Crippen LogP contribution in [-0.2, 0) is 0 Å². The van der Waals surface area contributed by atoms with Crippen molar-refractivity contribution in [3.63, 3.8) is 0 Å². The topological polar surface area (TPSA) is 44.7 Å². The molecule has 1 fully saturated rings. The first-order valence-corrected chi connectivity index (χ1v) is 7.85. The fourth-order valence-electron chi connectivity index (χ4n) is 2.66. The molecule has 21 heavy (non-hydrogen) atoms. The second-order valence-electron chi connectivity index (χ2n) is 6.24. The number of rotatable bonds is 6. The largest absolute Gasteiger partial charge is 0.491 e. The Morgan fingerprint density at radius 3 is 2.76 bits per heavy atom. The summed E-state index contributed by atoms with van der Waals surface area (Å²) in [6.07, 6.45) is 1.82. The van der Waals surface area contributed by atoms with Crippen molar-refractivity contribution in [2.75, 3.05) is 26.7 Å². The summed E-state index contributed by atoms with van der Waals surface area (Å²) >= 11 is 0. The summed E-state index contributed by atoms with van der Waals surface area (Å²) in [5.74, 6) is 0.813. The molecule has 1 heterocycles. The number of hydrogen-bond acceptors (Lipinski definition) is 4. The van der Waals surface area contributed by atoms with E-state index in [0.29, 0.717) is 25.2 Å². The molecule has 0 aromatic heterocycles. The molecule has 1 aromatic carbocycles. The van der Waals surface area contributed by atoms with E-state index in [2.05, 4.69) is 24.2 Å². The van der Waals surface area contributed by atoms with E-state index in [4.69, 9.17) is 4.74 Å². The Labute approximate surface area is 128 Å². The summed E-state index contributed by atoms with van der Waals surface area (Å²) in [6, 6.07) is 9.02. The molecule has 4 heteroatoms. The SMILES string of the molecule is Cc1ccc(OCC(O)CNC2CCN(C)C(C)C2)cc1. The van der Waals surface area contributed by atoms with Crippen molar-refractivity contribution < 1.29 is 9.84 Å². The van der Waals surface area contributed by atoms with Crippen molar-refractivity contribution in [1.82, 2.24) is 10.2 Å². The quantitative estimate of drug-likeness (QED) is 0.839. The van der Waals surface area contributed by atoms with Crippen molar-refractivity contribution >= 4 is 0 Å². The molecule has 1 saturated heterocycles. The fraction of sp³-hybridized carbons (Fsp3) is 0.647. The van der Waals surface area contributed by atoms with Gasteiger partial charge in [-0.3, -0.25) is 0 Å². The van der Waals surface area contributed by atoms with Gasteiger partial charge in [-0.05, 0) is 52.4 Å². The molecule has 0 bridgehead atoms. The number of aryl methyl sites for hydroxylation is 1. The van der Waals surface area contributed by atoms with Gasteiger partial charge in [0.25, 0.3) is 0 Å². The highest BCUT2D eigenvalue weighted by Crippen LogP contribution is 2.15. The number of likely N-dealkylation sites (tertiary alicyclic amines) is 1. The Balaban J connectivity index is 1.65. The fourth-order valence-corrected chi connectivity index (χ4v) is 2.66. The smallest absolute Gasteiger partial charge is 0.119 e. The van der Waals surface area contributed by atoms with Crippen LogP contribution in [0.25, 0.3) is 0 Å². The van der Waals surface area contributed by atoms with Crippen LogP contribution in [0.1, 0.15) is 25.3 Å². The van der Waals surface area contributed by atoms with Gasteiger partial charge in [-0.25, -0.2) is 0 Å². The first-order valence-electron chi connectivity index (χ1n) is 7.85. The van der Waals surface area contributed by atoms with Crippen molar-refractivity contribution in [3.05, 3.63) is 29.8 Å². The van der Waals surface area contributed by atoms with Crippen molar-refractivity contribution in [3.8, 4) is 5.75 Å². The first kappa shape index (κ1) is 16.3. The van der Waals surface area contributed by atoms with E-state index in [0.717, 1.165) is 25.1 Å². The maximum atomic E-state index is 10.0. The van der Waals surface area contributed by atoms with Crippen molar-refractivity contribution in [2.24, 2.45) is 0 Å². The lowest BCUT2D eigenvalue weighted by atomic mass is 9.99. The van der Waals surface area contributed by atoms with Crippen LogP contribution >= 0.6 is 0 Å². The Hall–Kier alpha value is -1.10. The van der Waals surface area contributed by atoms with Gasteiger partial charge in [-0.1, -0.05) is 17.7 Å². The first-order chi connectivity index (χ1) is 10.0. The lowest BCUT2D eigenvalue weighted by Crippen LogP contribution is -2.47. The van der Waals surface area contributed by atoms with Crippen LogP contribution in [0, 0.1) is 6.92 Å². The monoisotopic (exact) mass is 292 g/mol. The highest BCUT2D eigenvalue weighted by atomic mass is 16.5. The number of ether oxygens (including phenoxy) is 1. The maximum absolute atomic E-state index is 10.0. The Kier molecular flexibility index (Phi) is 6.03. The zero-order valence-electron chi connectivity index (χ0n) is 13.4. The van der Waals surface area contributed by atoms with Gasteiger partial charge >= 0.3 is 0 Å². The standard InChI is InChI=1S/C17H28N2O2/c1-13-4-6-17(7-5-13)21-12-16(20)11-18-15-8-9-19(3)14(2)10-15/h4-7,14-16,18,20H,8-12H2,1-3H3.